The lowest BCUT2D eigenvalue weighted by Crippen LogP contribution is -2.48. The van der Waals surface area contributed by atoms with Crippen LogP contribution in [0.15, 0.2) is 0 Å². The van der Waals surface area contributed by atoms with Crippen LogP contribution in [0.4, 0.5) is 0 Å². The van der Waals surface area contributed by atoms with E-state index in [-0.39, 0.29) is 11.4 Å². The van der Waals surface area contributed by atoms with E-state index in [1.807, 2.05) is 0 Å². The first kappa shape index (κ1) is 13.5. The second-order valence-corrected chi connectivity index (χ2v) is 5.37. The summed E-state index contributed by atoms with van der Waals surface area (Å²) in [6.45, 7) is 9.69. The maximum atomic E-state index is 11.5. The monoisotopic (exact) mass is 227 g/mol. The van der Waals surface area contributed by atoms with E-state index in [2.05, 4.69) is 36.7 Å². The van der Waals surface area contributed by atoms with Crippen LogP contribution < -0.4 is 16.0 Å². The van der Waals surface area contributed by atoms with Crippen LogP contribution in [-0.2, 0) is 4.79 Å². The Morgan fingerprint density at radius 2 is 2.25 bits per heavy atom. The van der Waals surface area contributed by atoms with E-state index in [0.29, 0.717) is 12.5 Å². The molecule has 0 aromatic rings. The van der Waals surface area contributed by atoms with Gasteiger partial charge in [-0.2, -0.15) is 0 Å². The number of hydrogen-bond donors (Lipinski definition) is 3. The highest BCUT2D eigenvalue weighted by Crippen LogP contribution is 2.12. The molecule has 0 bridgehead atoms. The van der Waals surface area contributed by atoms with Gasteiger partial charge in [0.15, 0.2) is 0 Å². The van der Waals surface area contributed by atoms with Crippen molar-refractivity contribution in [1.82, 2.24) is 16.0 Å². The van der Waals surface area contributed by atoms with Gasteiger partial charge in [-0.15, -0.1) is 0 Å². The molecule has 94 valence electrons. The second-order valence-electron chi connectivity index (χ2n) is 5.37. The molecule has 16 heavy (non-hydrogen) atoms. The molecule has 0 radical (unpaired) electrons. The Balaban J connectivity index is 2.10. The van der Waals surface area contributed by atoms with Gasteiger partial charge < -0.3 is 16.0 Å². The van der Waals surface area contributed by atoms with E-state index in [1.165, 1.54) is 0 Å². The van der Waals surface area contributed by atoms with Crippen LogP contribution in [0, 0.1) is 5.92 Å². The average molecular weight is 227 g/mol. The van der Waals surface area contributed by atoms with Gasteiger partial charge in [-0.05, 0) is 32.2 Å². The molecule has 3 N–H and O–H groups in total. The van der Waals surface area contributed by atoms with E-state index in [4.69, 9.17) is 0 Å². The van der Waals surface area contributed by atoms with Crippen molar-refractivity contribution in [3.63, 3.8) is 0 Å². The summed E-state index contributed by atoms with van der Waals surface area (Å²) in [6.07, 6.45) is 2.14. The van der Waals surface area contributed by atoms with Gasteiger partial charge >= 0.3 is 0 Å². The number of amides is 1. The number of nitrogens with one attached hydrogen (secondary N) is 3. The fourth-order valence-corrected chi connectivity index (χ4v) is 1.82. The van der Waals surface area contributed by atoms with Gasteiger partial charge in [0.2, 0.25) is 5.91 Å². The molecule has 1 saturated heterocycles. The van der Waals surface area contributed by atoms with Crippen molar-refractivity contribution in [3.05, 3.63) is 0 Å². The molecule has 1 fully saturated rings. The van der Waals surface area contributed by atoms with Gasteiger partial charge in [0.25, 0.3) is 0 Å². The maximum Gasteiger partial charge on any atom is 0.233 e. The van der Waals surface area contributed by atoms with Crippen LogP contribution in [0.1, 0.15) is 33.6 Å². The summed E-state index contributed by atoms with van der Waals surface area (Å²) in [5, 5.41) is 9.56. The molecule has 0 aromatic carbocycles. The molecule has 0 aromatic heterocycles. The Morgan fingerprint density at radius 1 is 1.50 bits per heavy atom. The van der Waals surface area contributed by atoms with Crippen LogP contribution in [0.5, 0.6) is 0 Å². The number of rotatable bonds is 6. The predicted molar refractivity (Wildman–Crippen MR) is 66.4 cm³/mol. The van der Waals surface area contributed by atoms with E-state index < -0.39 is 0 Å². The third kappa shape index (κ3) is 4.94. The minimum absolute atomic E-state index is 0.0926. The van der Waals surface area contributed by atoms with Crippen molar-refractivity contribution >= 4 is 5.91 Å². The Hall–Kier alpha value is -0.610. The van der Waals surface area contributed by atoms with Crippen molar-refractivity contribution in [1.29, 1.82) is 0 Å². The van der Waals surface area contributed by atoms with E-state index >= 15 is 0 Å². The maximum absolute atomic E-state index is 11.5. The second kappa shape index (κ2) is 6.21. The molecule has 4 nitrogen and oxygen atoms in total. The minimum Gasteiger partial charge on any atom is -0.355 e. The van der Waals surface area contributed by atoms with Crippen molar-refractivity contribution in [3.8, 4) is 0 Å². The lowest BCUT2D eigenvalue weighted by molar-refractivity contribution is -0.120. The standard InChI is InChI=1S/C12H25N3O/c1-10(2)4-6-14-11(16)8-15-12(3)5-7-13-9-12/h10,13,15H,4-9H2,1-3H3,(H,14,16). The average Bonchev–Trinajstić information content (AvgIpc) is 2.62. The lowest BCUT2D eigenvalue weighted by Gasteiger charge is -2.24. The number of carbonyl (C=O) groups is 1. The van der Waals surface area contributed by atoms with Gasteiger partial charge in [-0.1, -0.05) is 13.8 Å². The summed E-state index contributed by atoms with van der Waals surface area (Å²) < 4.78 is 0. The normalized spacial score (nSPS) is 25.0. The SMILES string of the molecule is CC(C)CCNC(=O)CNC1(C)CCNC1. The molecule has 1 unspecified atom stereocenters. The number of hydrogen-bond acceptors (Lipinski definition) is 3. The number of carbonyl (C=O) groups excluding carboxylic acids is 1. The molecule has 1 aliphatic heterocycles. The zero-order valence-corrected chi connectivity index (χ0v) is 10.7. The lowest BCUT2D eigenvalue weighted by atomic mass is 10.0. The summed E-state index contributed by atoms with van der Waals surface area (Å²) in [5.74, 6) is 0.749. The van der Waals surface area contributed by atoms with Gasteiger partial charge in [-0.3, -0.25) is 4.79 Å². The van der Waals surface area contributed by atoms with Crippen LogP contribution in [-0.4, -0.2) is 37.6 Å². The Kier molecular flexibility index (Phi) is 5.22. The molecule has 1 aliphatic rings. The molecule has 0 spiro atoms. The van der Waals surface area contributed by atoms with E-state index in [1.54, 1.807) is 0 Å². The summed E-state index contributed by atoms with van der Waals surface area (Å²) >= 11 is 0. The first-order chi connectivity index (χ1) is 7.52. The van der Waals surface area contributed by atoms with Gasteiger partial charge in [0.1, 0.15) is 0 Å². The molecule has 4 heteroatoms. The molecule has 1 heterocycles. The van der Waals surface area contributed by atoms with Crippen LogP contribution in [0.3, 0.4) is 0 Å². The molecule has 1 atom stereocenters. The molecule has 1 amide bonds. The highest BCUT2D eigenvalue weighted by atomic mass is 16.1. The third-order valence-corrected chi connectivity index (χ3v) is 3.09. The molecular weight excluding hydrogens is 202 g/mol. The largest absolute Gasteiger partial charge is 0.355 e. The molecular formula is C12H25N3O. The topological polar surface area (TPSA) is 53.2 Å². The molecule has 0 aliphatic carbocycles. The Bertz CT molecular complexity index is 222. The first-order valence-corrected chi connectivity index (χ1v) is 6.24. The van der Waals surface area contributed by atoms with Gasteiger partial charge in [-0.25, -0.2) is 0 Å². The summed E-state index contributed by atoms with van der Waals surface area (Å²) in [5.41, 5.74) is 0.0926. The van der Waals surface area contributed by atoms with Crippen LogP contribution in [0.2, 0.25) is 0 Å². The summed E-state index contributed by atoms with van der Waals surface area (Å²) in [6, 6.07) is 0. The van der Waals surface area contributed by atoms with E-state index in [9.17, 15) is 4.79 Å². The fraction of sp³-hybridized carbons (Fsp3) is 0.917. The zero-order valence-electron chi connectivity index (χ0n) is 10.7. The smallest absolute Gasteiger partial charge is 0.233 e. The highest BCUT2D eigenvalue weighted by molar-refractivity contribution is 5.78. The third-order valence-electron chi connectivity index (χ3n) is 3.09. The van der Waals surface area contributed by atoms with E-state index in [0.717, 1.165) is 32.5 Å². The first-order valence-electron chi connectivity index (χ1n) is 6.24. The fourth-order valence-electron chi connectivity index (χ4n) is 1.82. The van der Waals surface area contributed by atoms with Gasteiger partial charge in [0.05, 0.1) is 6.54 Å². The predicted octanol–water partition coefficient (Wildman–Crippen LogP) is 0.490. The van der Waals surface area contributed by atoms with Crippen molar-refractivity contribution in [2.75, 3.05) is 26.2 Å². The Morgan fingerprint density at radius 3 is 2.81 bits per heavy atom. The minimum atomic E-state index is 0.0926. The zero-order chi connectivity index (χ0) is 12.0. The quantitative estimate of drug-likeness (QED) is 0.619. The summed E-state index contributed by atoms with van der Waals surface area (Å²) in [4.78, 5) is 11.5. The molecule has 0 saturated carbocycles. The van der Waals surface area contributed by atoms with Crippen molar-refractivity contribution < 1.29 is 4.79 Å². The Labute approximate surface area is 98.6 Å². The van der Waals surface area contributed by atoms with Gasteiger partial charge in [0, 0.05) is 18.6 Å². The van der Waals surface area contributed by atoms with Crippen LogP contribution in [0.25, 0.3) is 0 Å². The molecule has 1 rings (SSSR count). The van der Waals surface area contributed by atoms with Crippen LogP contribution >= 0.6 is 0 Å². The van der Waals surface area contributed by atoms with Crippen molar-refractivity contribution in [2.24, 2.45) is 5.92 Å². The highest BCUT2D eigenvalue weighted by Gasteiger charge is 2.27. The van der Waals surface area contributed by atoms with Crippen molar-refractivity contribution in [2.45, 2.75) is 39.2 Å². The summed E-state index contributed by atoms with van der Waals surface area (Å²) in [7, 11) is 0.